The minimum absolute atomic E-state index is 0. The molecule has 0 radical (unpaired) electrons. The summed E-state index contributed by atoms with van der Waals surface area (Å²) in [6.45, 7) is 5.67. The van der Waals surface area contributed by atoms with Gasteiger partial charge in [-0.3, -0.25) is 0 Å². The summed E-state index contributed by atoms with van der Waals surface area (Å²) in [5.74, 6) is 2.04. The highest BCUT2D eigenvalue weighted by atomic mass is 127. The summed E-state index contributed by atoms with van der Waals surface area (Å²) in [4.78, 5) is 4.50. The van der Waals surface area contributed by atoms with Gasteiger partial charge in [0.25, 0.3) is 0 Å². The number of hydrogen-bond donors (Lipinski definition) is 2. The lowest BCUT2D eigenvalue weighted by Crippen LogP contribution is -2.39. The van der Waals surface area contributed by atoms with E-state index >= 15 is 0 Å². The molecule has 1 aromatic heterocycles. The predicted octanol–water partition coefficient (Wildman–Crippen LogP) is 2.07. The molecule has 26 heavy (non-hydrogen) atoms. The average Bonchev–Trinajstić information content (AvgIpc) is 2.92. The van der Waals surface area contributed by atoms with Gasteiger partial charge in [-0.1, -0.05) is 12.1 Å². The lowest BCUT2D eigenvalue weighted by Gasteiger charge is -2.12. The summed E-state index contributed by atoms with van der Waals surface area (Å²) in [7, 11) is 3.56. The number of nitrogens with one attached hydrogen (secondary N) is 2. The van der Waals surface area contributed by atoms with Crippen molar-refractivity contribution in [1.82, 2.24) is 25.4 Å². The Morgan fingerprint density at radius 2 is 2.04 bits per heavy atom. The normalized spacial score (nSPS) is 11.2. The molecule has 1 heterocycles. The monoisotopic (exact) mass is 476 g/mol. The van der Waals surface area contributed by atoms with Gasteiger partial charge in [0.15, 0.2) is 11.8 Å². The fourth-order valence-electron chi connectivity index (χ4n) is 2.12. The smallest absolute Gasteiger partial charge is 0.192 e. The van der Waals surface area contributed by atoms with Crippen molar-refractivity contribution in [3.8, 4) is 0 Å². The van der Waals surface area contributed by atoms with E-state index in [1.54, 1.807) is 20.1 Å². The number of aryl methyl sites for hydroxylation is 2. The average molecular weight is 476 g/mol. The van der Waals surface area contributed by atoms with Crippen LogP contribution in [0, 0.1) is 19.7 Å². The van der Waals surface area contributed by atoms with Crippen LogP contribution < -0.4 is 10.6 Å². The van der Waals surface area contributed by atoms with E-state index in [2.05, 4.69) is 25.8 Å². The van der Waals surface area contributed by atoms with E-state index in [0.29, 0.717) is 37.8 Å². The first-order chi connectivity index (χ1) is 12.0. The first kappa shape index (κ1) is 22.3. The summed E-state index contributed by atoms with van der Waals surface area (Å²) in [5, 5.41) is 14.5. The van der Waals surface area contributed by atoms with Gasteiger partial charge in [-0.25, -0.2) is 9.38 Å². The van der Waals surface area contributed by atoms with Crippen LogP contribution in [0.4, 0.5) is 4.39 Å². The van der Waals surface area contributed by atoms with Gasteiger partial charge in [0.2, 0.25) is 0 Å². The highest BCUT2D eigenvalue weighted by molar-refractivity contribution is 14.0. The predicted molar refractivity (Wildman–Crippen MR) is 110 cm³/mol. The Labute approximate surface area is 170 Å². The van der Waals surface area contributed by atoms with E-state index < -0.39 is 0 Å². The van der Waals surface area contributed by atoms with Crippen molar-refractivity contribution in [2.45, 2.75) is 26.9 Å². The summed E-state index contributed by atoms with van der Waals surface area (Å²) in [6.07, 6.45) is 0. The molecule has 0 atom stereocenters. The molecular weight excluding hydrogens is 450 g/mol. The van der Waals surface area contributed by atoms with E-state index in [1.165, 1.54) is 6.07 Å². The van der Waals surface area contributed by atoms with Gasteiger partial charge >= 0.3 is 0 Å². The molecule has 144 valence electrons. The van der Waals surface area contributed by atoms with E-state index in [9.17, 15) is 4.39 Å². The third kappa shape index (κ3) is 6.52. The lowest BCUT2D eigenvalue weighted by atomic mass is 10.1. The maximum atomic E-state index is 13.7. The molecule has 0 aliphatic rings. The number of halogens is 2. The first-order valence-corrected chi connectivity index (χ1v) is 8.12. The molecular formula is C17H26FIN6O. The zero-order valence-electron chi connectivity index (χ0n) is 15.5. The summed E-state index contributed by atoms with van der Waals surface area (Å²) >= 11 is 0. The van der Waals surface area contributed by atoms with Gasteiger partial charge in [0.1, 0.15) is 11.6 Å². The van der Waals surface area contributed by atoms with Gasteiger partial charge in [0.05, 0.1) is 19.7 Å². The quantitative estimate of drug-likeness (QED) is 0.277. The molecule has 0 saturated carbocycles. The molecule has 0 fully saturated rings. The van der Waals surface area contributed by atoms with Crippen LogP contribution >= 0.6 is 24.0 Å². The largest absolute Gasteiger partial charge is 0.383 e. The van der Waals surface area contributed by atoms with Crippen molar-refractivity contribution in [2.24, 2.45) is 12.0 Å². The van der Waals surface area contributed by atoms with Crippen molar-refractivity contribution >= 4 is 29.9 Å². The molecule has 1 aromatic carbocycles. The van der Waals surface area contributed by atoms with Crippen molar-refractivity contribution in [2.75, 3.05) is 20.3 Å². The number of ether oxygens (including phenoxy) is 1. The molecule has 7 nitrogen and oxygen atoms in total. The van der Waals surface area contributed by atoms with E-state index in [0.717, 1.165) is 17.2 Å². The molecule has 9 heteroatoms. The van der Waals surface area contributed by atoms with Gasteiger partial charge in [-0.15, -0.1) is 34.2 Å². The van der Waals surface area contributed by atoms with Crippen LogP contribution in [0.25, 0.3) is 0 Å². The van der Waals surface area contributed by atoms with Crippen molar-refractivity contribution in [3.05, 3.63) is 46.8 Å². The maximum Gasteiger partial charge on any atom is 0.192 e. The molecule has 0 spiro atoms. The molecule has 0 saturated heterocycles. The fourth-order valence-corrected chi connectivity index (χ4v) is 2.12. The van der Waals surface area contributed by atoms with Crippen LogP contribution in [0.2, 0.25) is 0 Å². The highest BCUT2D eigenvalue weighted by Crippen LogP contribution is 2.10. The molecule has 0 unspecified atom stereocenters. The maximum absolute atomic E-state index is 13.7. The molecule has 0 amide bonds. The Morgan fingerprint density at radius 1 is 1.27 bits per heavy atom. The molecule has 2 N–H and O–H groups in total. The van der Waals surface area contributed by atoms with Crippen LogP contribution in [-0.4, -0.2) is 41.0 Å². The minimum atomic E-state index is -0.218. The van der Waals surface area contributed by atoms with Crippen LogP contribution in [-0.2, 0) is 24.9 Å². The Balaban J connectivity index is 0.00000338. The van der Waals surface area contributed by atoms with Gasteiger partial charge in [0, 0.05) is 20.7 Å². The second-order valence-electron chi connectivity index (χ2n) is 5.74. The number of aliphatic imine (C=N–C) groups is 1. The van der Waals surface area contributed by atoms with Crippen LogP contribution in [0.1, 0.15) is 22.8 Å². The number of hydrogen-bond acceptors (Lipinski definition) is 4. The summed E-state index contributed by atoms with van der Waals surface area (Å²) < 4.78 is 20.6. The van der Waals surface area contributed by atoms with Crippen molar-refractivity contribution in [1.29, 1.82) is 0 Å². The number of benzene rings is 1. The second-order valence-corrected chi connectivity index (χ2v) is 5.74. The molecule has 0 aliphatic carbocycles. The Hall–Kier alpha value is -1.75. The number of nitrogens with zero attached hydrogens (tertiary/aromatic N) is 4. The van der Waals surface area contributed by atoms with Gasteiger partial charge in [-0.2, -0.15) is 0 Å². The SMILES string of the molecule is COCCNC(=NCc1ccc(C)c(F)c1)NCc1nnc(C)n1C.I. The third-order valence-corrected chi connectivity index (χ3v) is 3.85. The number of methoxy groups -OCH3 is 1. The second kappa shape index (κ2) is 11.1. The summed E-state index contributed by atoms with van der Waals surface area (Å²) in [6, 6.07) is 5.15. The summed E-state index contributed by atoms with van der Waals surface area (Å²) in [5.41, 5.74) is 1.44. The molecule has 0 bridgehead atoms. The Morgan fingerprint density at radius 3 is 2.65 bits per heavy atom. The topological polar surface area (TPSA) is 76.4 Å². The Kier molecular flexibility index (Phi) is 9.49. The zero-order valence-corrected chi connectivity index (χ0v) is 17.9. The number of aromatic nitrogens is 3. The van der Waals surface area contributed by atoms with Crippen LogP contribution in [0.15, 0.2) is 23.2 Å². The molecule has 0 aliphatic heterocycles. The molecule has 2 rings (SSSR count). The van der Waals surface area contributed by atoms with Gasteiger partial charge in [-0.05, 0) is 31.0 Å². The molecule has 2 aromatic rings. The van der Waals surface area contributed by atoms with E-state index in [4.69, 9.17) is 4.74 Å². The highest BCUT2D eigenvalue weighted by Gasteiger charge is 2.06. The fraction of sp³-hybridized carbons (Fsp3) is 0.471. The third-order valence-electron chi connectivity index (χ3n) is 3.85. The van der Waals surface area contributed by atoms with Gasteiger partial charge < -0.3 is 19.9 Å². The van der Waals surface area contributed by atoms with Crippen molar-refractivity contribution < 1.29 is 9.13 Å². The van der Waals surface area contributed by atoms with E-state index in [1.807, 2.05) is 24.6 Å². The van der Waals surface area contributed by atoms with Crippen molar-refractivity contribution in [3.63, 3.8) is 0 Å². The minimum Gasteiger partial charge on any atom is -0.383 e. The van der Waals surface area contributed by atoms with E-state index in [-0.39, 0.29) is 29.8 Å². The number of guanidine groups is 1. The number of rotatable bonds is 7. The Bertz CT molecular complexity index is 734. The standard InChI is InChI=1S/C17H25FN6O.HI/c1-12-5-6-14(9-15(12)18)10-20-17(19-7-8-25-4)21-11-16-23-22-13(2)24(16)3;/h5-6,9H,7-8,10-11H2,1-4H3,(H2,19,20,21);1H. The zero-order chi connectivity index (χ0) is 18.2. The lowest BCUT2D eigenvalue weighted by molar-refractivity contribution is 0.203. The van der Waals surface area contributed by atoms with Crippen LogP contribution in [0.5, 0.6) is 0 Å². The van der Waals surface area contributed by atoms with Crippen LogP contribution in [0.3, 0.4) is 0 Å². The first-order valence-electron chi connectivity index (χ1n) is 8.12.